The molecule has 130 valence electrons. The van der Waals surface area contributed by atoms with Crippen LogP contribution >= 0.6 is 24.8 Å². The molecule has 0 spiro atoms. The summed E-state index contributed by atoms with van der Waals surface area (Å²) < 4.78 is 4.99. The van der Waals surface area contributed by atoms with Crippen LogP contribution in [0.2, 0.25) is 0 Å². The first-order valence-electron chi connectivity index (χ1n) is 7.08. The van der Waals surface area contributed by atoms with Crippen LogP contribution in [0, 0.1) is 0 Å². The van der Waals surface area contributed by atoms with E-state index < -0.39 is 0 Å². The summed E-state index contributed by atoms with van der Waals surface area (Å²) in [7, 11) is 0. The number of amides is 1. The van der Waals surface area contributed by atoms with Crippen molar-refractivity contribution < 1.29 is 9.21 Å². The molecule has 9 heteroatoms. The number of H-pyrrole nitrogens is 1. The third kappa shape index (κ3) is 3.84. The highest BCUT2D eigenvalue weighted by molar-refractivity contribution is 6.14. The van der Waals surface area contributed by atoms with Crippen LogP contribution in [-0.2, 0) is 11.3 Å². The van der Waals surface area contributed by atoms with Crippen molar-refractivity contribution in [3.63, 3.8) is 0 Å². The Hall–Kier alpha value is -2.77. The number of hydrogen-bond acceptors (Lipinski definition) is 5. The molecule has 3 aromatic rings. The molecule has 1 amide bonds. The maximum atomic E-state index is 12.0. The zero-order valence-electron chi connectivity index (χ0n) is 12.9. The first-order chi connectivity index (χ1) is 11.3. The molecule has 0 aliphatic carbocycles. The van der Waals surface area contributed by atoms with E-state index in [0.29, 0.717) is 18.2 Å². The number of aromatic amines is 1. The highest BCUT2D eigenvalue weighted by atomic mass is 35.5. The van der Waals surface area contributed by atoms with Crippen LogP contribution in [0.4, 0.5) is 0 Å². The molecule has 0 saturated carbocycles. The van der Waals surface area contributed by atoms with Gasteiger partial charge in [-0.3, -0.25) is 10.1 Å². The van der Waals surface area contributed by atoms with Crippen molar-refractivity contribution in [1.29, 1.82) is 0 Å². The summed E-state index contributed by atoms with van der Waals surface area (Å²) in [5.41, 5.74) is 2.98. The summed E-state index contributed by atoms with van der Waals surface area (Å²) in [5.74, 6) is 0.193. The Morgan fingerprint density at radius 3 is 2.96 bits per heavy atom. The average Bonchev–Trinajstić information content (AvgIpc) is 3.28. The number of rotatable bonds is 3. The molecule has 7 nitrogen and oxygen atoms in total. The van der Waals surface area contributed by atoms with Crippen LogP contribution in [0.25, 0.3) is 17.1 Å². The lowest BCUT2D eigenvalue weighted by Gasteiger charge is -2.02. The topological polar surface area (TPSA) is 95.3 Å². The molecule has 0 unspecified atom stereocenters. The van der Waals surface area contributed by atoms with Gasteiger partial charge in [-0.1, -0.05) is 0 Å². The summed E-state index contributed by atoms with van der Waals surface area (Å²) in [6.45, 7) is 0.528. The molecule has 0 aromatic carbocycles. The predicted molar refractivity (Wildman–Crippen MR) is 99.7 cm³/mol. The van der Waals surface area contributed by atoms with Gasteiger partial charge >= 0.3 is 0 Å². The van der Waals surface area contributed by atoms with Crippen molar-refractivity contribution in [2.75, 3.05) is 0 Å². The number of halogens is 2. The fraction of sp³-hybridized carbons (Fsp3) is 0.0625. The molecule has 0 bridgehead atoms. The minimum absolute atomic E-state index is 0. The predicted octanol–water partition coefficient (Wildman–Crippen LogP) is 2.62. The Kier molecular flexibility index (Phi) is 5.84. The largest absolute Gasteiger partial charge is 0.472 e. The Morgan fingerprint density at radius 1 is 1.28 bits per heavy atom. The van der Waals surface area contributed by atoms with Crippen LogP contribution < -0.4 is 10.6 Å². The van der Waals surface area contributed by atoms with Gasteiger partial charge in [0.15, 0.2) is 0 Å². The van der Waals surface area contributed by atoms with Gasteiger partial charge in [-0.15, -0.1) is 24.8 Å². The first-order valence-corrected chi connectivity index (χ1v) is 7.08. The normalized spacial score (nSPS) is 14.6. The Labute approximate surface area is 155 Å². The van der Waals surface area contributed by atoms with Gasteiger partial charge in [0, 0.05) is 35.5 Å². The third-order valence-electron chi connectivity index (χ3n) is 3.51. The van der Waals surface area contributed by atoms with Crippen molar-refractivity contribution in [2.24, 2.45) is 4.99 Å². The summed E-state index contributed by atoms with van der Waals surface area (Å²) >= 11 is 0. The number of aliphatic imine (C=N–C) groups is 1. The lowest BCUT2D eigenvalue weighted by Crippen LogP contribution is -2.35. The molecule has 0 atom stereocenters. The van der Waals surface area contributed by atoms with Crippen molar-refractivity contribution >= 4 is 53.8 Å². The number of guanidine groups is 1. The number of nitrogens with zero attached hydrogens (tertiary/aromatic N) is 2. The van der Waals surface area contributed by atoms with Crippen LogP contribution in [0.15, 0.2) is 58.2 Å². The SMILES string of the molecule is Cl.Cl.O=C1NC(NCc2ccoc2)=N/C1=C\c1c[nH]c2ncccc12. The maximum Gasteiger partial charge on any atom is 0.276 e. The molecule has 3 aromatic heterocycles. The van der Waals surface area contributed by atoms with Gasteiger partial charge in [0.25, 0.3) is 5.91 Å². The highest BCUT2D eigenvalue weighted by Gasteiger charge is 2.20. The number of hydrogen-bond donors (Lipinski definition) is 3. The minimum Gasteiger partial charge on any atom is -0.472 e. The molecular formula is C16H15Cl2N5O2. The lowest BCUT2D eigenvalue weighted by atomic mass is 10.2. The number of fused-ring (bicyclic) bond motifs is 1. The van der Waals surface area contributed by atoms with E-state index in [4.69, 9.17) is 4.42 Å². The quantitative estimate of drug-likeness (QED) is 0.609. The van der Waals surface area contributed by atoms with Gasteiger partial charge in [-0.05, 0) is 24.3 Å². The number of carbonyl (C=O) groups excluding carboxylic acids is 1. The molecule has 0 radical (unpaired) electrons. The number of pyridine rings is 1. The monoisotopic (exact) mass is 379 g/mol. The third-order valence-corrected chi connectivity index (χ3v) is 3.51. The Bertz CT molecular complexity index is 931. The fourth-order valence-electron chi connectivity index (χ4n) is 2.38. The summed E-state index contributed by atoms with van der Waals surface area (Å²) in [4.78, 5) is 23.6. The minimum atomic E-state index is -0.238. The van der Waals surface area contributed by atoms with Crippen LogP contribution in [0.3, 0.4) is 0 Å². The molecule has 25 heavy (non-hydrogen) atoms. The highest BCUT2D eigenvalue weighted by Crippen LogP contribution is 2.20. The fourth-order valence-corrected chi connectivity index (χ4v) is 2.38. The second kappa shape index (κ2) is 7.87. The molecule has 1 aliphatic rings. The molecule has 0 fully saturated rings. The van der Waals surface area contributed by atoms with Gasteiger partial charge in [-0.2, -0.15) is 0 Å². The van der Waals surface area contributed by atoms with Crippen molar-refractivity contribution in [2.45, 2.75) is 6.54 Å². The second-order valence-corrected chi connectivity index (χ2v) is 5.07. The first kappa shape index (κ1) is 18.6. The summed E-state index contributed by atoms with van der Waals surface area (Å²) in [6, 6.07) is 5.65. The summed E-state index contributed by atoms with van der Waals surface area (Å²) in [5, 5.41) is 6.71. The smallest absolute Gasteiger partial charge is 0.276 e. The summed E-state index contributed by atoms with van der Waals surface area (Å²) in [6.07, 6.45) is 8.50. The van der Waals surface area contributed by atoms with Gasteiger partial charge in [0.2, 0.25) is 5.96 Å². The second-order valence-electron chi connectivity index (χ2n) is 5.07. The number of nitrogens with one attached hydrogen (secondary N) is 3. The van der Waals surface area contributed by atoms with Crippen molar-refractivity contribution in [1.82, 2.24) is 20.6 Å². The average molecular weight is 380 g/mol. The van der Waals surface area contributed by atoms with Gasteiger partial charge < -0.3 is 14.7 Å². The van der Waals surface area contributed by atoms with Gasteiger partial charge in [0.05, 0.1) is 12.5 Å². The number of aromatic nitrogens is 2. The lowest BCUT2D eigenvalue weighted by molar-refractivity contribution is -0.115. The standard InChI is InChI=1S/C16H13N5O2.2ClH/c22-15-13(6-11-8-18-14-12(11)2-1-4-17-14)20-16(21-15)19-7-10-3-5-23-9-10;;/h1-6,8-9H,7H2,(H,17,18)(H2,19,20,21,22);2*1H/b13-6-;;. The van der Waals surface area contributed by atoms with E-state index in [1.54, 1.807) is 24.8 Å². The Balaban J connectivity index is 0.00000113. The number of carbonyl (C=O) groups is 1. The van der Waals surface area contributed by atoms with E-state index in [9.17, 15) is 4.79 Å². The van der Waals surface area contributed by atoms with Crippen LogP contribution in [0.1, 0.15) is 11.1 Å². The molecule has 3 N–H and O–H groups in total. The van der Waals surface area contributed by atoms with E-state index in [2.05, 4.69) is 25.6 Å². The molecule has 4 rings (SSSR count). The Morgan fingerprint density at radius 2 is 2.16 bits per heavy atom. The molecule has 0 saturated heterocycles. The van der Waals surface area contributed by atoms with Crippen molar-refractivity contribution in [3.8, 4) is 0 Å². The van der Waals surface area contributed by atoms with Crippen molar-refractivity contribution in [3.05, 3.63) is 59.9 Å². The number of furan rings is 1. The van der Waals surface area contributed by atoms with Gasteiger partial charge in [-0.25, -0.2) is 9.98 Å². The zero-order chi connectivity index (χ0) is 15.6. The zero-order valence-corrected chi connectivity index (χ0v) is 14.5. The van der Waals surface area contributed by atoms with E-state index >= 15 is 0 Å². The molecule has 1 aliphatic heterocycles. The van der Waals surface area contributed by atoms with E-state index in [1.807, 2.05) is 24.4 Å². The molecular weight excluding hydrogens is 365 g/mol. The van der Waals surface area contributed by atoms with Gasteiger partial charge in [0.1, 0.15) is 11.3 Å². The van der Waals surface area contributed by atoms with Crippen LogP contribution in [0.5, 0.6) is 0 Å². The van der Waals surface area contributed by atoms with E-state index in [-0.39, 0.29) is 30.7 Å². The van der Waals surface area contributed by atoms with Crippen LogP contribution in [-0.4, -0.2) is 21.8 Å². The maximum absolute atomic E-state index is 12.0. The van der Waals surface area contributed by atoms with E-state index in [1.165, 1.54) is 0 Å². The molecule has 4 heterocycles. The van der Waals surface area contributed by atoms with E-state index in [0.717, 1.165) is 22.2 Å².